The van der Waals surface area contributed by atoms with Crippen LogP contribution in [0.15, 0.2) is 30.6 Å². The van der Waals surface area contributed by atoms with Crippen molar-refractivity contribution in [1.29, 1.82) is 0 Å². The third-order valence-electron chi connectivity index (χ3n) is 3.39. The van der Waals surface area contributed by atoms with Gasteiger partial charge in [0.2, 0.25) is 0 Å². The zero-order chi connectivity index (χ0) is 13.4. The van der Waals surface area contributed by atoms with Gasteiger partial charge in [0, 0.05) is 31.4 Å². The van der Waals surface area contributed by atoms with Gasteiger partial charge in [0.05, 0.1) is 24.1 Å². The second kappa shape index (κ2) is 4.42. The quantitative estimate of drug-likeness (QED) is 0.780. The SMILES string of the molecule is Cc1nn(C)c2ncc(NCc3cccn3C)cc12. The van der Waals surface area contributed by atoms with E-state index in [1.54, 1.807) is 0 Å². The topological polar surface area (TPSA) is 47.7 Å². The molecule has 0 aliphatic rings. The monoisotopic (exact) mass is 255 g/mol. The van der Waals surface area contributed by atoms with Gasteiger partial charge in [-0.1, -0.05) is 0 Å². The van der Waals surface area contributed by atoms with Crippen molar-refractivity contribution in [2.24, 2.45) is 14.1 Å². The number of anilines is 1. The van der Waals surface area contributed by atoms with Crippen LogP contribution in [0.4, 0.5) is 5.69 Å². The second-order valence-corrected chi connectivity index (χ2v) is 4.77. The molecule has 19 heavy (non-hydrogen) atoms. The molecule has 0 radical (unpaired) electrons. The number of nitrogens with zero attached hydrogens (tertiary/aromatic N) is 4. The average molecular weight is 255 g/mol. The summed E-state index contributed by atoms with van der Waals surface area (Å²) in [4.78, 5) is 4.46. The maximum atomic E-state index is 4.46. The number of aromatic nitrogens is 4. The molecule has 0 amide bonds. The van der Waals surface area contributed by atoms with Crippen LogP contribution >= 0.6 is 0 Å². The summed E-state index contributed by atoms with van der Waals surface area (Å²) in [5.41, 5.74) is 4.18. The van der Waals surface area contributed by atoms with Crippen LogP contribution in [0, 0.1) is 6.92 Å². The van der Waals surface area contributed by atoms with Crippen molar-refractivity contribution < 1.29 is 0 Å². The molecule has 3 aromatic rings. The lowest BCUT2D eigenvalue weighted by molar-refractivity contribution is 0.774. The molecular formula is C14H17N5. The van der Waals surface area contributed by atoms with E-state index in [4.69, 9.17) is 0 Å². The first-order valence-corrected chi connectivity index (χ1v) is 6.28. The Morgan fingerprint density at radius 2 is 2.16 bits per heavy atom. The molecule has 0 aliphatic heterocycles. The van der Waals surface area contributed by atoms with Crippen LogP contribution in [0.1, 0.15) is 11.4 Å². The molecule has 0 aliphatic carbocycles. The zero-order valence-electron chi connectivity index (χ0n) is 11.4. The molecule has 0 saturated heterocycles. The molecule has 0 fully saturated rings. The fourth-order valence-corrected chi connectivity index (χ4v) is 2.28. The minimum atomic E-state index is 0.788. The smallest absolute Gasteiger partial charge is 0.157 e. The Balaban J connectivity index is 1.86. The van der Waals surface area contributed by atoms with E-state index in [2.05, 4.69) is 32.1 Å². The van der Waals surface area contributed by atoms with Crippen LogP contribution in [-0.2, 0) is 20.6 Å². The van der Waals surface area contributed by atoms with Crippen molar-refractivity contribution in [3.63, 3.8) is 0 Å². The molecule has 0 atom stereocenters. The summed E-state index contributed by atoms with van der Waals surface area (Å²) in [6.45, 7) is 2.79. The third-order valence-corrected chi connectivity index (χ3v) is 3.39. The lowest BCUT2D eigenvalue weighted by Gasteiger charge is -2.07. The van der Waals surface area contributed by atoms with Crippen LogP contribution in [0.5, 0.6) is 0 Å². The number of fused-ring (bicyclic) bond motifs is 1. The summed E-state index contributed by atoms with van der Waals surface area (Å²) < 4.78 is 3.92. The fraction of sp³-hybridized carbons (Fsp3) is 0.286. The van der Waals surface area contributed by atoms with Crippen molar-refractivity contribution >= 4 is 16.7 Å². The summed E-state index contributed by atoms with van der Waals surface area (Å²) in [5, 5.41) is 8.87. The normalized spacial score (nSPS) is 11.1. The van der Waals surface area contributed by atoms with Crippen molar-refractivity contribution in [3.8, 4) is 0 Å². The van der Waals surface area contributed by atoms with Gasteiger partial charge >= 0.3 is 0 Å². The summed E-state index contributed by atoms with van der Waals surface area (Å²) in [7, 11) is 3.96. The van der Waals surface area contributed by atoms with Gasteiger partial charge in [0.15, 0.2) is 5.65 Å². The Labute approximate surface area is 111 Å². The summed E-state index contributed by atoms with van der Waals surface area (Å²) in [5.74, 6) is 0. The molecule has 0 spiro atoms. The van der Waals surface area contributed by atoms with Gasteiger partial charge in [-0.25, -0.2) is 4.98 Å². The fourth-order valence-electron chi connectivity index (χ4n) is 2.28. The molecule has 3 heterocycles. The van der Waals surface area contributed by atoms with Crippen molar-refractivity contribution in [2.75, 3.05) is 5.32 Å². The highest BCUT2D eigenvalue weighted by Gasteiger charge is 2.07. The van der Waals surface area contributed by atoms with Gasteiger partial charge in [-0.15, -0.1) is 0 Å². The summed E-state index contributed by atoms with van der Waals surface area (Å²) in [6, 6.07) is 6.26. The largest absolute Gasteiger partial charge is 0.378 e. The third kappa shape index (κ3) is 2.07. The molecule has 5 heteroatoms. The average Bonchev–Trinajstić information content (AvgIpc) is 2.92. The first-order chi connectivity index (χ1) is 9.15. The first-order valence-electron chi connectivity index (χ1n) is 6.28. The lowest BCUT2D eigenvalue weighted by Crippen LogP contribution is -2.04. The molecule has 3 rings (SSSR count). The zero-order valence-corrected chi connectivity index (χ0v) is 11.4. The first kappa shape index (κ1) is 11.8. The summed E-state index contributed by atoms with van der Waals surface area (Å²) >= 11 is 0. The van der Waals surface area contributed by atoms with E-state index < -0.39 is 0 Å². The van der Waals surface area contributed by atoms with Crippen LogP contribution in [0.3, 0.4) is 0 Å². The van der Waals surface area contributed by atoms with Crippen LogP contribution < -0.4 is 5.32 Å². The molecule has 1 N–H and O–H groups in total. The Bertz CT molecular complexity index is 723. The number of aryl methyl sites for hydroxylation is 3. The van der Waals surface area contributed by atoms with E-state index in [0.717, 1.165) is 29.0 Å². The van der Waals surface area contributed by atoms with E-state index in [0.29, 0.717) is 0 Å². The number of rotatable bonds is 3. The molecule has 0 saturated carbocycles. The predicted molar refractivity (Wildman–Crippen MR) is 76.0 cm³/mol. The van der Waals surface area contributed by atoms with E-state index in [9.17, 15) is 0 Å². The van der Waals surface area contributed by atoms with Gasteiger partial charge in [-0.3, -0.25) is 4.68 Å². The molecule has 0 bridgehead atoms. The predicted octanol–water partition coefficient (Wildman–Crippen LogP) is 2.23. The Kier molecular flexibility index (Phi) is 2.74. The van der Waals surface area contributed by atoms with E-state index in [1.807, 2.05) is 44.2 Å². The van der Waals surface area contributed by atoms with Crippen LogP contribution in [-0.4, -0.2) is 19.3 Å². The van der Waals surface area contributed by atoms with E-state index in [1.165, 1.54) is 5.69 Å². The highest BCUT2D eigenvalue weighted by molar-refractivity contribution is 5.81. The number of pyridine rings is 1. The minimum Gasteiger partial charge on any atom is -0.378 e. The maximum Gasteiger partial charge on any atom is 0.157 e. The molecule has 98 valence electrons. The van der Waals surface area contributed by atoms with Crippen LogP contribution in [0.2, 0.25) is 0 Å². The standard InChI is InChI=1S/C14H17N5/c1-10-13-7-11(8-16-14(13)19(3)17-10)15-9-12-5-4-6-18(12)2/h4-8,15H,9H2,1-3H3. The van der Waals surface area contributed by atoms with Gasteiger partial charge in [-0.2, -0.15) is 5.10 Å². The second-order valence-electron chi connectivity index (χ2n) is 4.77. The van der Waals surface area contributed by atoms with Crippen molar-refractivity contribution in [3.05, 3.63) is 42.0 Å². The number of hydrogen-bond donors (Lipinski definition) is 1. The van der Waals surface area contributed by atoms with Crippen molar-refractivity contribution in [2.45, 2.75) is 13.5 Å². The van der Waals surface area contributed by atoms with Gasteiger partial charge in [0.25, 0.3) is 0 Å². The highest BCUT2D eigenvalue weighted by Crippen LogP contribution is 2.19. The summed E-state index contributed by atoms with van der Waals surface area (Å²) in [6.07, 6.45) is 3.90. The van der Waals surface area contributed by atoms with Gasteiger partial charge < -0.3 is 9.88 Å². The molecule has 0 unspecified atom stereocenters. The minimum absolute atomic E-state index is 0.788. The number of hydrogen-bond acceptors (Lipinski definition) is 3. The van der Waals surface area contributed by atoms with E-state index >= 15 is 0 Å². The number of nitrogens with one attached hydrogen (secondary N) is 1. The molecular weight excluding hydrogens is 238 g/mol. The van der Waals surface area contributed by atoms with Crippen LogP contribution in [0.25, 0.3) is 11.0 Å². The Hall–Kier alpha value is -2.30. The van der Waals surface area contributed by atoms with Gasteiger partial charge in [-0.05, 0) is 25.1 Å². The molecule has 3 aromatic heterocycles. The van der Waals surface area contributed by atoms with Gasteiger partial charge in [0.1, 0.15) is 0 Å². The highest BCUT2D eigenvalue weighted by atomic mass is 15.3. The molecule has 0 aromatic carbocycles. The maximum absolute atomic E-state index is 4.46. The Morgan fingerprint density at radius 1 is 1.32 bits per heavy atom. The molecule has 5 nitrogen and oxygen atoms in total. The van der Waals surface area contributed by atoms with E-state index in [-0.39, 0.29) is 0 Å². The Morgan fingerprint density at radius 3 is 2.89 bits per heavy atom. The van der Waals surface area contributed by atoms with Crippen molar-refractivity contribution in [1.82, 2.24) is 19.3 Å². The lowest BCUT2D eigenvalue weighted by atomic mass is 10.2.